The molecule has 1 heterocycles. The highest BCUT2D eigenvalue weighted by atomic mass is 35.5. The van der Waals surface area contributed by atoms with Crippen molar-refractivity contribution in [1.29, 1.82) is 0 Å². The van der Waals surface area contributed by atoms with E-state index in [9.17, 15) is 0 Å². The van der Waals surface area contributed by atoms with E-state index in [-0.39, 0.29) is 0 Å². The Morgan fingerprint density at radius 1 is 1.05 bits per heavy atom. The van der Waals surface area contributed by atoms with E-state index in [1.54, 1.807) is 0 Å². The minimum atomic E-state index is 0.501. The molecule has 0 aliphatic heterocycles. The Bertz CT molecular complexity index is 781. The number of benzene rings is 2. The van der Waals surface area contributed by atoms with E-state index in [0.29, 0.717) is 6.54 Å². The van der Waals surface area contributed by atoms with Crippen molar-refractivity contribution in [2.75, 3.05) is 0 Å². The Balaban J connectivity index is 2.12. The maximum Gasteiger partial charge on any atom is 0.0705 e. The number of aromatic nitrogens is 1. The second-order valence-corrected chi connectivity index (χ2v) is 5.29. The number of hydrogen-bond donors (Lipinski definition) is 1. The summed E-state index contributed by atoms with van der Waals surface area (Å²) < 4.78 is 0. The van der Waals surface area contributed by atoms with Gasteiger partial charge in [-0.2, -0.15) is 0 Å². The van der Waals surface area contributed by atoms with Crippen LogP contribution in [0.2, 0.25) is 5.02 Å². The maximum absolute atomic E-state index is 6.35. The third-order valence-electron chi connectivity index (χ3n) is 3.41. The fourth-order valence-electron chi connectivity index (χ4n) is 2.31. The molecular formula is C17H15ClN2. The second-order valence-electron chi connectivity index (χ2n) is 4.88. The molecule has 0 aliphatic carbocycles. The highest BCUT2D eigenvalue weighted by Gasteiger charge is 2.06. The molecule has 2 nitrogen and oxygen atoms in total. The average molecular weight is 283 g/mol. The number of aryl methyl sites for hydroxylation is 1. The Labute approximate surface area is 123 Å². The Hall–Kier alpha value is -1.90. The molecule has 3 aromatic rings. The first-order chi connectivity index (χ1) is 9.67. The van der Waals surface area contributed by atoms with E-state index in [4.69, 9.17) is 17.3 Å². The molecule has 0 bridgehead atoms. The van der Waals surface area contributed by atoms with Gasteiger partial charge < -0.3 is 5.73 Å². The third kappa shape index (κ3) is 2.40. The number of hydrogen-bond acceptors (Lipinski definition) is 2. The standard InChI is InChI=1S/C17H15ClN2/c1-11-2-4-14-9-13(5-7-17(14)20-11)15-6-3-12(10-19)8-16(15)18/h2-9H,10,19H2,1H3. The molecule has 0 saturated heterocycles. The zero-order valence-corrected chi connectivity index (χ0v) is 12.0. The van der Waals surface area contributed by atoms with Gasteiger partial charge in [-0.15, -0.1) is 0 Å². The summed E-state index contributed by atoms with van der Waals surface area (Å²) in [6, 6.07) is 16.3. The monoisotopic (exact) mass is 282 g/mol. The van der Waals surface area contributed by atoms with Crippen LogP contribution in [0.1, 0.15) is 11.3 Å². The van der Waals surface area contributed by atoms with Gasteiger partial charge in [0.1, 0.15) is 0 Å². The number of pyridine rings is 1. The number of halogens is 1. The van der Waals surface area contributed by atoms with Gasteiger partial charge in [0.2, 0.25) is 0 Å². The maximum atomic E-state index is 6.35. The molecule has 0 atom stereocenters. The van der Waals surface area contributed by atoms with Crippen LogP contribution in [0.25, 0.3) is 22.0 Å². The molecule has 2 N–H and O–H groups in total. The highest BCUT2D eigenvalue weighted by molar-refractivity contribution is 6.33. The number of nitrogens with two attached hydrogens (primary N) is 1. The van der Waals surface area contributed by atoms with Crippen molar-refractivity contribution in [2.45, 2.75) is 13.5 Å². The van der Waals surface area contributed by atoms with Crippen LogP contribution in [-0.4, -0.2) is 4.98 Å². The predicted octanol–water partition coefficient (Wildman–Crippen LogP) is 4.32. The largest absolute Gasteiger partial charge is 0.326 e. The minimum Gasteiger partial charge on any atom is -0.326 e. The smallest absolute Gasteiger partial charge is 0.0705 e. The molecule has 100 valence electrons. The molecule has 3 rings (SSSR count). The van der Waals surface area contributed by atoms with Crippen molar-refractivity contribution in [3.8, 4) is 11.1 Å². The minimum absolute atomic E-state index is 0.501. The highest BCUT2D eigenvalue weighted by Crippen LogP contribution is 2.30. The van der Waals surface area contributed by atoms with Gasteiger partial charge in [0.05, 0.1) is 5.52 Å². The Morgan fingerprint density at radius 3 is 2.65 bits per heavy atom. The van der Waals surface area contributed by atoms with Gasteiger partial charge >= 0.3 is 0 Å². The van der Waals surface area contributed by atoms with Gasteiger partial charge in [0.25, 0.3) is 0 Å². The van der Waals surface area contributed by atoms with E-state index in [2.05, 4.69) is 23.2 Å². The van der Waals surface area contributed by atoms with E-state index < -0.39 is 0 Å². The van der Waals surface area contributed by atoms with Crippen LogP contribution in [0, 0.1) is 6.92 Å². The molecule has 3 heteroatoms. The number of nitrogens with zero attached hydrogens (tertiary/aromatic N) is 1. The lowest BCUT2D eigenvalue weighted by molar-refractivity contribution is 1.07. The van der Waals surface area contributed by atoms with E-state index in [0.717, 1.165) is 38.3 Å². The summed E-state index contributed by atoms with van der Waals surface area (Å²) in [7, 11) is 0. The molecule has 20 heavy (non-hydrogen) atoms. The van der Waals surface area contributed by atoms with Gasteiger partial charge in [0.15, 0.2) is 0 Å². The van der Waals surface area contributed by atoms with Crippen LogP contribution in [0.3, 0.4) is 0 Å². The molecule has 2 aromatic carbocycles. The number of fused-ring (bicyclic) bond motifs is 1. The topological polar surface area (TPSA) is 38.9 Å². The molecule has 0 aliphatic rings. The van der Waals surface area contributed by atoms with Gasteiger partial charge in [-0.05, 0) is 42.3 Å². The van der Waals surface area contributed by atoms with Crippen LogP contribution in [0.4, 0.5) is 0 Å². The quantitative estimate of drug-likeness (QED) is 0.760. The lowest BCUT2D eigenvalue weighted by Gasteiger charge is -2.08. The fraction of sp³-hybridized carbons (Fsp3) is 0.118. The molecule has 0 amide bonds. The van der Waals surface area contributed by atoms with Crippen molar-refractivity contribution in [1.82, 2.24) is 4.98 Å². The fourth-order valence-corrected chi connectivity index (χ4v) is 2.63. The lowest BCUT2D eigenvalue weighted by atomic mass is 10.0. The molecule has 1 aromatic heterocycles. The average Bonchev–Trinajstić information content (AvgIpc) is 2.46. The van der Waals surface area contributed by atoms with E-state index in [1.165, 1.54) is 0 Å². The van der Waals surface area contributed by atoms with Gasteiger partial charge in [-0.25, -0.2) is 0 Å². The normalized spacial score (nSPS) is 10.9. The zero-order chi connectivity index (χ0) is 14.1. The molecular weight excluding hydrogens is 268 g/mol. The first-order valence-electron chi connectivity index (χ1n) is 6.53. The number of rotatable bonds is 2. The lowest BCUT2D eigenvalue weighted by Crippen LogP contribution is -1.96. The first-order valence-corrected chi connectivity index (χ1v) is 6.91. The first kappa shape index (κ1) is 13.1. The van der Waals surface area contributed by atoms with E-state index in [1.807, 2.05) is 37.3 Å². The summed E-state index contributed by atoms with van der Waals surface area (Å²) in [6.45, 7) is 2.50. The predicted molar refractivity (Wildman–Crippen MR) is 84.8 cm³/mol. The Morgan fingerprint density at radius 2 is 1.90 bits per heavy atom. The van der Waals surface area contributed by atoms with Gasteiger partial charge in [0, 0.05) is 28.2 Å². The van der Waals surface area contributed by atoms with Crippen LogP contribution >= 0.6 is 11.6 Å². The van der Waals surface area contributed by atoms with Crippen molar-refractivity contribution >= 4 is 22.5 Å². The van der Waals surface area contributed by atoms with Crippen molar-refractivity contribution in [3.05, 3.63) is 64.8 Å². The van der Waals surface area contributed by atoms with Crippen molar-refractivity contribution < 1.29 is 0 Å². The summed E-state index contributed by atoms with van der Waals surface area (Å²) in [5, 5.41) is 1.85. The van der Waals surface area contributed by atoms with Gasteiger partial charge in [-0.3, -0.25) is 4.98 Å². The molecule has 0 fully saturated rings. The van der Waals surface area contributed by atoms with Crippen LogP contribution in [0.5, 0.6) is 0 Å². The third-order valence-corrected chi connectivity index (χ3v) is 3.72. The molecule has 0 saturated carbocycles. The second kappa shape index (κ2) is 5.23. The van der Waals surface area contributed by atoms with Crippen LogP contribution in [-0.2, 0) is 6.54 Å². The summed E-state index contributed by atoms with van der Waals surface area (Å²) in [5.41, 5.74) is 10.8. The van der Waals surface area contributed by atoms with Gasteiger partial charge in [-0.1, -0.05) is 35.9 Å². The van der Waals surface area contributed by atoms with Crippen LogP contribution in [0.15, 0.2) is 48.5 Å². The Kier molecular flexibility index (Phi) is 3.43. The SMILES string of the molecule is Cc1ccc2cc(-c3ccc(CN)cc3Cl)ccc2n1. The van der Waals surface area contributed by atoms with Crippen molar-refractivity contribution in [3.63, 3.8) is 0 Å². The molecule has 0 unspecified atom stereocenters. The van der Waals surface area contributed by atoms with E-state index >= 15 is 0 Å². The summed E-state index contributed by atoms with van der Waals surface area (Å²) >= 11 is 6.35. The molecule has 0 spiro atoms. The molecule has 0 radical (unpaired) electrons. The zero-order valence-electron chi connectivity index (χ0n) is 11.2. The summed E-state index contributed by atoms with van der Waals surface area (Å²) in [4.78, 5) is 4.51. The van der Waals surface area contributed by atoms with Crippen molar-refractivity contribution in [2.24, 2.45) is 5.73 Å². The summed E-state index contributed by atoms with van der Waals surface area (Å²) in [5.74, 6) is 0. The van der Waals surface area contributed by atoms with Crippen LogP contribution < -0.4 is 5.73 Å². The summed E-state index contributed by atoms with van der Waals surface area (Å²) in [6.07, 6.45) is 0.